The number of rotatable bonds is 2. The van der Waals surface area contributed by atoms with Crippen LogP contribution in [-0.2, 0) is 11.0 Å². The number of amides is 1. The summed E-state index contributed by atoms with van der Waals surface area (Å²) >= 11 is 0. The first kappa shape index (κ1) is 13.2. The molecule has 0 fully saturated rings. The van der Waals surface area contributed by atoms with E-state index in [0.717, 1.165) is 30.6 Å². The number of carbonyl (C=O) groups excluding carboxylic acids is 1. The molecule has 0 aromatic carbocycles. The van der Waals surface area contributed by atoms with Crippen LogP contribution in [0.1, 0.15) is 11.1 Å². The van der Waals surface area contributed by atoms with Gasteiger partial charge in [-0.2, -0.15) is 13.2 Å². The highest BCUT2D eigenvalue weighted by atomic mass is 19.4. The van der Waals surface area contributed by atoms with Gasteiger partial charge in [0.05, 0.1) is 5.56 Å². The van der Waals surface area contributed by atoms with Crippen molar-refractivity contribution in [2.24, 2.45) is 0 Å². The highest BCUT2D eigenvalue weighted by Gasteiger charge is 2.32. The third-order valence-electron chi connectivity index (χ3n) is 2.00. The van der Waals surface area contributed by atoms with E-state index in [1.807, 2.05) is 0 Å². The lowest BCUT2D eigenvalue weighted by Crippen LogP contribution is -2.18. The number of hydrogen-bond donors (Lipinski definition) is 0. The fourth-order valence-electron chi connectivity index (χ4n) is 1.11. The van der Waals surface area contributed by atoms with Crippen LogP contribution >= 0.6 is 0 Å². The number of likely N-dealkylation sites (N-methyl/N-ethyl adjacent to an activating group) is 1. The minimum Gasteiger partial charge on any atom is -0.345 e. The second-order valence-electron chi connectivity index (χ2n) is 3.53. The molecule has 0 saturated heterocycles. The molecule has 0 aliphatic carbocycles. The van der Waals surface area contributed by atoms with Crippen molar-refractivity contribution in [3.05, 3.63) is 35.7 Å². The van der Waals surface area contributed by atoms with Crippen LogP contribution in [-0.4, -0.2) is 29.9 Å². The van der Waals surface area contributed by atoms with Crippen molar-refractivity contribution < 1.29 is 18.0 Å². The lowest BCUT2D eigenvalue weighted by Gasteiger charge is -2.09. The summed E-state index contributed by atoms with van der Waals surface area (Å²) in [5, 5.41) is 0. The third-order valence-corrected chi connectivity index (χ3v) is 2.00. The minimum absolute atomic E-state index is 0.129. The van der Waals surface area contributed by atoms with Gasteiger partial charge in [0.2, 0.25) is 5.91 Å². The lowest BCUT2D eigenvalue weighted by molar-refractivity contribution is -0.137. The van der Waals surface area contributed by atoms with Gasteiger partial charge in [-0.1, -0.05) is 0 Å². The van der Waals surface area contributed by atoms with E-state index in [-0.39, 0.29) is 11.5 Å². The van der Waals surface area contributed by atoms with Crippen LogP contribution < -0.4 is 0 Å². The van der Waals surface area contributed by atoms with Crippen molar-refractivity contribution in [3.63, 3.8) is 0 Å². The van der Waals surface area contributed by atoms with Gasteiger partial charge in [-0.3, -0.25) is 9.78 Å². The monoisotopic (exact) mass is 244 g/mol. The van der Waals surface area contributed by atoms with E-state index in [2.05, 4.69) is 4.98 Å². The summed E-state index contributed by atoms with van der Waals surface area (Å²) in [4.78, 5) is 16.1. The Morgan fingerprint density at radius 1 is 1.41 bits per heavy atom. The predicted octanol–water partition coefficient (Wildman–Crippen LogP) is 2.20. The van der Waals surface area contributed by atoms with Gasteiger partial charge in [0.1, 0.15) is 0 Å². The van der Waals surface area contributed by atoms with E-state index in [1.165, 1.54) is 19.0 Å². The highest BCUT2D eigenvalue weighted by Crippen LogP contribution is 2.31. The first-order valence-electron chi connectivity index (χ1n) is 4.73. The average Bonchev–Trinajstić information content (AvgIpc) is 2.24. The molecule has 17 heavy (non-hydrogen) atoms. The zero-order valence-corrected chi connectivity index (χ0v) is 9.32. The highest BCUT2D eigenvalue weighted by molar-refractivity contribution is 5.91. The van der Waals surface area contributed by atoms with Gasteiger partial charge in [-0.05, 0) is 12.1 Å². The van der Waals surface area contributed by atoms with E-state index in [4.69, 9.17) is 0 Å². The predicted molar refractivity (Wildman–Crippen MR) is 57.0 cm³/mol. The van der Waals surface area contributed by atoms with Gasteiger partial charge >= 0.3 is 6.18 Å². The molecule has 92 valence electrons. The second kappa shape index (κ2) is 4.99. The number of carbonyl (C=O) groups is 1. The molecule has 0 atom stereocenters. The van der Waals surface area contributed by atoms with E-state index in [9.17, 15) is 18.0 Å². The third kappa shape index (κ3) is 3.58. The average molecular weight is 244 g/mol. The smallest absolute Gasteiger partial charge is 0.345 e. The molecular weight excluding hydrogens is 233 g/mol. The van der Waals surface area contributed by atoms with Crippen molar-refractivity contribution in [3.8, 4) is 0 Å². The van der Waals surface area contributed by atoms with Gasteiger partial charge in [-0.15, -0.1) is 0 Å². The molecule has 1 heterocycles. The molecule has 3 nitrogen and oxygen atoms in total. The van der Waals surface area contributed by atoms with Crippen molar-refractivity contribution in [1.29, 1.82) is 0 Å². The van der Waals surface area contributed by atoms with Gasteiger partial charge in [0.25, 0.3) is 0 Å². The fraction of sp³-hybridized carbons (Fsp3) is 0.273. The first-order valence-corrected chi connectivity index (χ1v) is 4.73. The Morgan fingerprint density at radius 2 is 2.06 bits per heavy atom. The first-order chi connectivity index (χ1) is 7.82. The van der Waals surface area contributed by atoms with Gasteiger partial charge in [-0.25, -0.2) is 0 Å². The SMILES string of the molecule is CN(C)C(=O)C=Cc1cnccc1C(F)(F)F. The molecule has 6 heteroatoms. The molecular formula is C11H11F3N2O. The molecule has 0 N–H and O–H groups in total. The van der Waals surface area contributed by atoms with Crippen LogP contribution in [0.3, 0.4) is 0 Å². The van der Waals surface area contributed by atoms with Gasteiger partial charge < -0.3 is 4.90 Å². The maximum Gasteiger partial charge on any atom is 0.417 e. The maximum atomic E-state index is 12.6. The maximum absolute atomic E-state index is 12.6. The summed E-state index contributed by atoms with van der Waals surface area (Å²) in [6, 6.07) is 0.875. The van der Waals surface area contributed by atoms with Crippen LogP contribution in [0.2, 0.25) is 0 Å². The number of hydrogen-bond acceptors (Lipinski definition) is 2. The molecule has 1 aromatic rings. The zero-order valence-electron chi connectivity index (χ0n) is 9.32. The quantitative estimate of drug-likeness (QED) is 0.747. The Hall–Kier alpha value is -1.85. The Morgan fingerprint density at radius 3 is 2.59 bits per heavy atom. The van der Waals surface area contributed by atoms with Crippen LogP contribution in [0.25, 0.3) is 6.08 Å². The Bertz CT molecular complexity index is 439. The molecule has 1 rings (SSSR count). The number of aromatic nitrogens is 1. The van der Waals surface area contributed by atoms with Crippen molar-refractivity contribution in [2.75, 3.05) is 14.1 Å². The number of nitrogens with zero attached hydrogens (tertiary/aromatic N) is 2. The number of halogens is 3. The molecule has 0 radical (unpaired) electrons. The van der Waals surface area contributed by atoms with E-state index in [1.54, 1.807) is 0 Å². The van der Waals surface area contributed by atoms with Crippen LogP contribution in [0.5, 0.6) is 0 Å². The Balaban J connectivity index is 3.04. The summed E-state index contributed by atoms with van der Waals surface area (Å²) in [6.07, 6.45) is -0.135. The summed E-state index contributed by atoms with van der Waals surface area (Å²) in [7, 11) is 3.03. The van der Waals surface area contributed by atoms with E-state index < -0.39 is 11.7 Å². The molecule has 0 saturated carbocycles. The Labute approximate surface area is 96.6 Å². The largest absolute Gasteiger partial charge is 0.417 e. The summed E-state index contributed by atoms with van der Waals surface area (Å²) in [5.74, 6) is -0.387. The molecule has 0 spiro atoms. The van der Waals surface area contributed by atoms with Crippen LogP contribution in [0.4, 0.5) is 13.2 Å². The van der Waals surface area contributed by atoms with E-state index in [0.29, 0.717) is 0 Å². The normalized spacial score (nSPS) is 11.8. The Kier molecular flexibility index (Phi) is 3.88. The second-order valence-corrected chi connectivity index (χ2v) is 3.53. The van der Waals surface area contributed by atoms with Gasteiger partial charge in [0, 0.05) is 38.1 Å². The topological polar surface area (TPSA) is 33.2 Å². The lowest BCUT2D eigenvalue weighted by atomic mass is 10.1. The summed E-state index contributed by atoms with van der Waals surface area (Å²) in [6.45, 7) is 0. The number of alkyl halides is 3. The molecule has 0 unspecified atom stereocenters. The summed E-state index contributed by atoms with van der Waals surface area (Å²) in [5.41, 5.74) is -0.939. The molecule has 1 amide bonds. The van der Waals surface area contributed by atoms with Crippen LogP contribution in [0.15, 0.2) is 24.5 Å². The van der Waals surface area contributed by atoms with Crippen molar-refractivity contribution >= 4 is 12.0 Å². The molecule has 0 aliphatic heterocycles. The zero-order chi connectivity index (χ0) is 13.1. The number of pyridine rings is 1. The van der Waals surface area contributed by atoms with Crippen molar-refractivity contribution in [1.82, 2.24) is 9.88 Å². The fourth-order valence-corrected chi connectivity index (χ4v) is 1.11. The summed E-state index contributed by atoms with van der Waals surface area (Å²) < 4.78 is 37.7. The molecule has 0 aliphatic rings. The van der Waals surface area contributed by atoms with Crippen LogP contribution in [0, 0.1) is 0 Å². The van der Waals surface area contributed by atoms with Gasteiger partial charge in [0.15, 0.2) is 0 Å². The molecule has 1 aromatic heterocycles. The standard InChI is InChI=1S/C11H11F3N2O/c1-16(2)10(17)4-3-8-7-15-6-5-9(8)11(12,13)14/h3-7H,1-2H3. The van der Waals surface area contributed by atoms with E-state index >= 15 is 0 Å². The van der Waals surface area contributed by atoms with Crippen molar-refractivity contribution in [2.45, 2.75) is 6.18 Å². The minimum atomic E-state index is -4.45. The molecule has 0 bridgehead atoms.